The Morgan fingerprint density at radius 2 is 1.23 bits per heavy atom. The van der Waals surface area contributed by atoms with Gasteiger partial charge in [-0.2, -0.15) is 0 Å². The summed E-state index contributed by atoms with van der Waals surface area (Å²) in [6, 6.07) is 38.7. The summed E-state index contributed by atoms with van der Waals surface area (Å²) in [4.78, 5) is 25.1. The number of ether oxygens (including phenoxy) is 2. The van der Waals surface area contributed by atoms with Gasteiger partial charge in [0, 0.05) is 18.0 Å². The van der Waals surface area contributed by atoms with Crippen molar-refractivity contribution in [3.63, 3.8) is 0 Å². The lowest BCUT2D eigenvalue weighted by Gasteiger charge is -2.37. The van der Waals surface area contributed by atoms with Crippen molar-refractivity contribution in [3.05, 3.63) is 138 Å². The molecule has 0 heterocycles. The Morgan fingerprint density at radius 1 is 0.744 bits per heavy atom. The first-order chi connectivity index (χ1) is 20.7. The van der Waals surface area contributed by atoms with Gasteiger partial charge in [-0.25, -0.2) is 4.79 Å². The van der Waals surface area contributed by atoms with Crippen LogP contribution in [0, 0.1) is 0 Å². The minimum absolute atomic E-state index is 0.151. The number of thioether (sulfide) groups is 1. The van der Waals surface area contributed by atoms with E-state index in [2.05, 4.69) is 83.4 Å². The van der Waals surface area contributed by atoms with Crippen LogP contribution in [0.15, 0.2) is 115 Å². The standard InChI is InChI=1S/C36H40N2O4S/c1-35(2,3)42-34(40)38-31(25-37-32-23-15-14-16-27(32)24-33(39)41-4)26-43-36(28-17-8-5-9-18-28,29-19-10-6-11-20-29)30-21-12-7-13-22-30/h5-23,31,37H,24-26H2,1-4H3,(H,38,40). The monoisotopic (exact) mass is 596 g/mol. The minimum atomic E-state index is -0.635. The molecule has 0 aromatic heterocycles. The van der Waals surface area contributed by atoms with Crippen LogP contribution in [0.3, 0.4) is 0 Å². The predicted molar refractivity (Wildman–Crippen MR) is 175 cm³/mol. The lowest BCUT2D eigenvalue weighted by molar-refractivity contribution is -0.139. The van der Waals surface area contributed by atoms with Gasteiger partial charge in [0.2, 0.25) is 0 Å². The van der Waals surface area contributed by atoms with Gasteiger partial charge in [0.25, 0.3) is 0 Å². The maximum atomic E-state index is 13.0. The third-order valence-electron chi connectivity index (χ3n) is 6.88. The van der Waals surface area contributed by atoms with Crippen LogP contribution in [0.25, 0.3) is 0 Å². The first-order valence-corrected chi connectivity index (χ1v) is 15.4. The molecule has 7 heteroatoms. The Bertz CT molecular complexity index is 1360. The van der Waals surface area contributed by atoms with E-state index in [1.165, 1.54) is 7.11 Å². The van der Waals surface area contributed by atoms with Crippen LogP contribution in [-0.2, 0) is 25.4 Å². The summed E-state index contributed by atoms with van der Waals surface area (Å²) in [6.07, 6.45) is -0.329. The Hall–Kier alpha value is -4.23. The van der Waals surface area contributed by atoms with Crippen molar-refractivity contribution in [2.75, 3.05) is 24.7 Å². The molecule has 1 atom stereocenters. The van der Waals surface area contributed by atoms with Gasteiger partial charge in [-0.15, -0.1) is 11.8 Å². The van der Waals surface area contributed by atoms with E-state index >= 15 is 0 Å². The van der Waals surface area contributed by atoms with E-state index in [9.17, 15) is 9.59 Å². The Kier molecular flexibility index (Phi) is 10.9. The molecule has 6 nitrogen and oxygen atoms in total. The number of hydrogen-bond donors (Lipinski definition) is 2. The zero-order valence-corrected chi connectivity index (χ0v) is 26.0. The van der Waals surface area contributed by atoms with E-state index in [0.29, 0.717) is 12.3 Å². The predicted octanol–water partition coefficient (Wildman–Crippen LogP) is 7.43. The molecule has 43 heavy (non-hydrogen) atoms. The Balaban J connectivity index is 1.69. The highest BCUT2D eigenvalue weighted by atomic mass is 32.2. The molecule has 0 fully saturated rings. The fourth-order valence-electron chi connectivity index (χ4n) is 4.93. The van der Waals surface area contributed by atoms with E-state index < -0.39 is 16.4 Å². The normalized spacial score (nSPS) is 12.2. The van der Waals surface area contributed by atoms with Crippen LogP contribution < -0.4 is 10.6 Å². The van der Waals surface area contributed by atoms with Crippen LogP contribution in [0.4, 0.5) is 10.5 Å². The molecule has 4 rings (SSSR count). The summed E-state index contributed by atoms with van der Waals surface area (Å²) in [6.45, 7) is 5.97. The maximum absolute atomic E-state index is 13.0. The topological polar surface area (TPSA) is 76.7 Å². The number of esters is 1. The molecule has 0 saturated carbocycles. The average molecular weight is 597 g/mol. The van der Waals surface area contributed by atoms with Crippen molar-refractivity contribution < 1.29 is 19.1 Å². The molecular formula is C36H40N2O4S. The number of anilines is 1. The van der Waals surface area contributed by atoms with E-state index in [1.807, 2.05) is 63.2 Å². The molecule has 0 radical (unpaired) electrons. The molecule has 0 aliphatic heterocycles. The fourth-order valence-corrected chi connectivity index (χ4v) is 6.49. The average Bonchev–Trinajstić information content (AvgIpc) is 3.01. The molecule has 224 valence electrons. The van der Waals surface area contributed by atoms with E-state index in [4.69, 9.17) is 9.47 Å². The number of carbonyl (C=O) groups excluding carboxylic acids is 2. The maximum Gasteiger partial charge on any atom is 0.407 e. The summed E-state index contributed by atoms with van der Waals surface area (Å²) in [5, 5.41) is 6.58. The molecule has 4 aromatic rings. The Morgan fingerprint density at radius 3 is 1.72 bits per heavy atom. The number of alkyl carbamates (subject to hydrolysis) is 1. The minimum Gasteiger partial charge on any atom is -0.469 e. The molecule has 4 aromatic carbocycles. The van der Waals surface area contributed by atoms with E-state index in [1.54, 1.807) is 11.8 Å². The van der Waals surface area contributed by atoms with Gasteiger partial charge < -0.3 is 20.1 Å². The van der Waals surface area contributed by atoms with Gasteiger partial charge in [-0.1, -0.05) is 109 Å². The van der Waals surface area contributed by atoms with Crippen molar-refractivity contribution in [3.8, 4) is 0 Å². The number of carbonyl (C=O) groups is 2. The molecule has 1 unspecified atom stereocenters. The number of hydrogen-bond acceptors (Lipinski definition) is 6. The lowest BCUT2D eigenvalue weighted by atomic mass is 9.84. The zero-order valence-electron chi connectivity index (χ0n) is 25.2. The summed E-state index contributed by atoms with van der Waals surface area (Å²) in [5.41, 5.74) is 4.43. The molecule has 0 aliphatic carbocycles. The summed E-state index contributed by atoms with van der Waals surface area (Å²) >= 11 is 1.77. The van der Waals surface area contributed by atoms with Crippen LogP contribution in [-0.4, -0.2) is 43.1 Å². The second-order valence-electron chi connectivity index (χ2n) is 11.2. The van der Waals surface area contributed by atoms with Gasteiger partial charge in [0.1, 0.15) is 5.60 Å². The largest absolute Gasteiger partial charge is 0.469 e. The van der Waals surface area contributed by atoms with Crippen molar-refractivity contribution >= 4 is 29.5 Å². The van der Waals surface area contributed by atoms with Gasteiger partial charge >= 0.3 is 12.1 Å². The molecule has 2 N–H and O–H groups in total. The smallest absolute Gasteiger partial charge is 0.407 e. The van der Waals surface area contributed by atoms with Crippen LogP contribution in [0.5, 0.6) is 0 Å². The van der Waals surface area contributed by atoms with Gasteiger partial charge in [0.15, 0.2) is 0 Å². The van der Waals surface area contributed by atoms with Crippen molar-refractivity contribution in [2.45, 2.75) is 43.6 Å². The van der Waals surface area contributed by atoms with E-state index in [-0.39, 0.29) is 18.4 Å². The van der Waals surface area contributed by atoms with Crippen LogP contribution in [0.1, 0.15) is 43.0 Å². The molecule has 0 bridgehead atoms. The van der Waals surface area contributed by atoms with Gasteiger partial charge in [0.05, 0.1) is 24.3 Å². The molecule has 0 spiro atoms. The third kappa shape index (κ3) is 8.64. The summed E-state index contributed by atoms with van der Waals surface area (Å²) in [5.74, 6) is 0.246. The first-order valence-electron chi connectivity index (χ1n) is 14.4. The number of nitrogens with one attached hydrogen (secondary N) is 2. The first kappa shape index (κ1) is 31.7. The molecular weight excluding hydrogens is 556 g/mol. The Labute approximate surface area is 259 Å². The summed E-state index contributed by atoms with van der Waals surface area (Å²) in [7, 11) is 1.38. The molecule has 0 saturated heterocycles. The summed E-state index contributed by atoms with van der Waals surface area (Å²) < 4.78 is 10.00. The number of para-hydroxylation sites is 1. The lowest BCUT2D eigenvalue weighted by Crippen LogP contribution is -2.45. The van der Waals surface area contributed by atoms with E-state index in [0.717, 1.165) is 27.9 Å². The third-order valence-corrected chi connectivity index (χ3v) is 8.59. The van der Waals surface area contributed by atoms with Crippen molar-refractivity contribution in [2.24, 2.45) is 0 Å². The van der Waals surface area contributed by atoms with Crippen LogP contribution >= 0.6 is 11.8 Å². The fraction of sp³-hybridized carbons (Fsp3) is 0.278. The number of methoxy groups -OCH3 is 1. The van der Waals surface area contributed by atoms with Crippen molar-refractivity contribution in [1.82, 2.24) is 5.32 Å². The highest BCUT2D eigenvalue weighted by Crippen LogP contribution is 2.48. The number of amides is 1. The SMILES string of the molecule is COC(=O)Cc1ccccc1NCC(CSC(c1ccccc1)(c1ccccc1)c1ccccc1)NC(=O)OC(C)(C)C. The van der Waals surface area contributed by atoms with Gasteiger partial charge in [-0.3, -0.25) is 4.79 Å². The highest BCUT2D eigenvalue weighted by molar-refractivity contribution is 8.00. The number of benzene rings is 4. The zero-order chi connectivity index (χ0) is 30.7. The van der Waals surface area contributed by atoms with Crippen LogP contribution in [0.2, 0.25) is 0 Å². The number of rotatable bonds is 12. The molecule has 1 amide bonds. The second kappa shape index (κ2) is 14.8. The molecule has 0 aliphatic rings. The second-order valence-corrected chi connectivity index (χ2v) is 12.5. The van der Waals surface area contributed by atoms with Gasteiger partial charge in [-0.05, 0) is 49.1 Å². The quantitative estimate of drug-likeness (QED) is 0.131. The van der Waals surface area contributed by atoms with Crippen molar-refractivity contribution in [1.29, 1.82) is 0 Å². The highest BCUT2D eigenvalue weighted by Gasteiger charge is 2.37.